The van der Waals surface area contributed by atoms with Gasteiger partial charge in [0.25, 0.3) is 0 Å². The Bertz CT molecular complexity index is 691. The highest BCUT2D eigenvalue weighted by molar-refractivity contribution is 5.67. The summed E-state index contributed by atoms with van der Waals surface area (Å²) in [6.45, 7) is 2.39. The first kappa shape index (κ1) is 11.9. The van der Waals surface area contributed by atoms with Gasteiger partial charge in [0.05, 0.1) is 5.92 Å². The van der Waals surface area contributed by atoms with Crippen LogP contribution in [0.4, 0.5) is 0 Å². The molecule has 1 aromatic carbocycles. The fourth-order valence-electron chi connectivity index (χ4n) is 2.14. The molecule has 0 fully saturated rings. The van der Waals surface area contributed by atoms with Gasteiger partial charge in [-0.2, -0.15) is 4.98 Å². The van der Waals surface area contributed by atoms with E-state index in [9.17, 15) is 0 Å². The van der Waals surface area contributed by atoms with Crippen LogP contribution < -0.4 is 5.73 Å². The van der Waals surface area contributed by atoms with Gasteiger partial charge in [-0.05, 0) is 24.6 Å². The fourth-order valence-corrected chi connectivity index (χ4v) is 2.14. The van der Waals surface area contributed by atoms with Crippen molar-refractivity contribution in [3.63, 3.8) is 0 Å². The number of nitrogens with two attached hydrogens (primary N) is 1. The number of hydrogen-bond acceptors (Lipinski definition) is 4. The number of aryl methyl sites for hydroxylation is 1. The monoisotopic (exact) mass is 253 g/mol. The van der Waals surface area contributed by atoms with E-state index in [4.69, 9.17) is 10.2 Å². The molecule has 0 aliphatic heterocycles. The standard InChI is InChI=1S/C15H15N3O/c1-10-7-8-13-14(17-10)18-15(19-13)12(9-16)11-5-3-2-4-6-11/h2-8,12H,9,16H2,1H3. The number of benzene rings is 1. The van der Waals surface area contributed by atoms with E-state index < -0.39 is 0 Å². The molecule has 1 unspecified atom stereocenters. The minimum Gasteiger partial charge on any atom is -0.438 e. The normalized spacial score (nSPS) is 12.7. The summed E-state index contributed by atoms with van der Waals surface area (Å²) in [5.41, 5.74) is 9.25. The smallest absolute Gasteiger partial charge is 0.205 e. The second kappa shape index (κ2) is 4.82. The third-order valence-electron chi connectivity index (χ3n) is 3.14. The zero-order chi connectivity index (χ0) is 13.2. The highest BCUT2D eigenvalue weighted by Crippen LogP contribution is 2.25. The van der Waals surface area contributed by atoms with Crippen LogP contribution in [0.25, 0.3) is 11.2 Å². The Labute approximate surface area is 111 Å². The first-order valence-corrected chi connectivity index (χ1v) is 6.27. The molecule has 0 radical (unpaired) electrons. The second-order valence-electron chi connectivity index (χ2n) is 4.53. The van der Waals surface area contributed by atoms with Crippen molar-refractivity contribution in [3.05, 3.63) is 59.6 Å². The van der Waals surface area contributed by atoms with Gasteiger partial charge in [0.2, 0.25) is 5.89 Å². The molecule has 1 atom stereocenters. The topological polar surface area (TPSA) is 64.9 Å². The Hall–Kier alpha value is -2.20. The lowest BCUT2D eigenvalue weighted by molar-refractivity contribution is 0.502. The lowest BCUT2D eigenvalue weighted by Crippen LogP contribution is -2.14. The third kappa shape index (κ3) is 2.22. The predicted molar refractivity (Wildman–Crippen MR) is 73.9 cm³/mol. The third-order valence-corrected chi connectivity index (χ3v) is 3.14. The average molecular weight is 253 g/mol. The van der Waals surface area contributed by atoms with Gasteiger partial charge in [0.1, 0.15) is 0 Å². The molecule has 2 aromatic heterocycles. The molecule has 2 N–H and O–H groups in total. The van der Waals surface area contributed by atoms with Gasteiger partial charge in [-0.15, -0.1) is 0 Å². The lowest BCUT2D eigenvalue weighted by Gasteiger charge is -2.10. The van der Waals surface area contributed by atoms with Crippen molar-refractivity contribution >= 4 is 11.2 Å². The van der Waals surface area contributed by atoms with Gasteiger partial charge in [-0.1, -0.05) is 30.3 Å². The van der Waals surface area contributed by atoms with Crippen molar-refractivity contribution in [2.75, 3.05) is 6.54 Å². The molecule has 2 heterocycles. The Balaban J connectivity index is 2.07. The molecule has 0 saturated carbocycles. The molecular formula is C15H15N3O. The van der Waals surface area contributed by atoms with Crippen molar-refractivity contribution in [2.45, 2.75) is 12.8 Å². The molecule has 0 bridgehead atoms. The fraction of sp³-hybridized carbons (Fsp3) is 0.200. The van der Waals surface area contributed by atoms with Crippen molar-refractivity contribution in [3.8, 4) is 0 Å². The number of nitrogens with zero attached hydrogens (tertiary/aromatic N) is 2. The van der Waals surface area contributed by atoms with E-state index in [-0.39, 0.29) is 5.92 Å². The highest BCUT2D eigenvalue weighted by Gasteiger charge is 2.19. The van der Waals surface area contributed by atoms with Crippen LogP contribution in [0.1, 0.15) is 23.1 Å². The quantitative estimate of drug-likeness (QED) is 0.779. The van der Waals surface area contributed by atoms with Crippen molar-refractivity contribution in [1.82, 2.24) is 9.97 Å². The summed E-state index contributed by atoms with van der Waals surface area (Å²) in [6.07, 6.45) is 0. The van der Waals surface area contributed by atoms with E-state index in [1.807, 2.05) is 49.4 Å². The Kier molecular flexibility index (Phi) is 3.01. The molecule has 3 rings (SSSR count). The summed E-state index contributed by atoms with van der Waals surface area (Å²) in [5, 5.41) is 0. The molecule has 3 aromatic rings. The van der Waals surface area contributed by atoms with Gasteiger partial charge in [-0.25, -0.2) is 4.98 Å². The molecule has 4 nitrogen and oxygen atoms in total. The number of pyridine rings is 1. The van der Waals surface area contributed by atoms with Crippen LogP contribution in [0.3, 0.4) is 0 Å². The molecule has 4 heteroatoms. The number of hydrogen-bond donors (Lipinski definition) is 1. The summed E-state index contributed by atoms with van der Waals surface area (Å²) in [4.78, 5) is 8.82. The van der Waals surface area contributed by atoms with Crippen molar-refractivity contribution in [1.29, 1.82) is 0 Å². The molecule has 96 valence electrons. The summed E-state index contributed by atoms with van der Waals surface area (Å²) < 4.78 is 5.78. The van der Waals surface area contributed by atoms with E-state index in [2.05, 4.69) is 9.97 Å². The molecular weight excluding hydrogens is 238 g/mol. The van der Waals surface area contributed by atoms with E-state index in [1.54, 1.807) is 0 Å². The summed E-state index contributed by atoms with van der Waals surface area (Å²) in [7, 11) is 0. The van der Waals surface area contributed by atoms with E-state index in [0.717, 1.165) is 11.3 Å². The highest BCUT2D eigenvalue weighted by atomic mass is 16.3. The maximum Gasteiger partial charge on any atom is 0.205 e. The van der Waals surface area contributed by atoms with Crippen LogP contribution in [-0.2, 0) is 0 Å². The number of oxazole rings is 1. The minimum absolute atomic E-state index is 0.0318. The van der Waals surface area contributed by atoms with Gasteiger partial charge >= 0.3 is 0 Å². The molecule has 0 aliphatic carbocycles. The van der Waals surface area contributed by atoms with Crippen LogP contribution in [-0.4, -0.2) is 16.5 Å². The number of aromatic nitrogens is 2. The number of rotatable bonds is 3. The van der Waals surface area contributed by atoms with Gasteiger partial charge in [-0.3, -0.25) is 0 Å². The van der Waals surface area contributed by atoms with Gasteiger partial charge in [0.15, 0.2) is 11.2 Å². The maximum absolute atomic E-state index is 5.87. The van der Waals surface area contributed by atoms with E-state index in [0.29, 0.717) is 23.7 Å². The van der Waals surface area contributed by atoms with Crippen molar-refractivity contribution < 1.29 is 4.42 Å². The van der Waals surface area contributed by atoms with Gasteiger partial charge < -0.3 is 10.2 Å². The maximum atomic E-state index is 5.87. The SMILES string of the molecule is Cc1ccc2oc(C(CN)c3ccccc3)nc2n1. The Morgan fingerprint density at radius 3 is 2.63 bits per heavy atom. The van der Waals surface area contributed by atoms with Crippen molar-refractivity contribution in [2.24, 2.45) is 5.73 Å². The lowest BCUT2D eigenvalue weighted by atomic mass is 9.99. The Morgan fingerprint density at radius 1 is 1.11 bits per heavy atom. The van der Waals surface area contributed by atoms with Crippen LogP contribution in [0.5, 0.6) is 0 Å². The number of fused-ring (bicyclic) bond motifs is 1. The average Bonchev–Trinajstić information content (AvgIpc) is 2.83. The first-order chi connectivity index (χ1) is 9.28. The van der Waals surface area contributed by atoms with Crippen LogP contribution in [0.15, 0.2) is 46.9 Å². The summed E-state index contributed by atoms with van der Waals surface area (Å²) >= 11 is 0. The van der Waals surface area contributed by atoms with Crippen LogP contribution >= 0.6 is 0 Å². The molecule has 0 saturated heterocycles. The Morgan fingerprint density at radius 2 is 1.89 bits per heavy atom. The van der Waals surface area contributed by atoms with Crippen LogP contribution in [0.2, 0.25) is 0 Å². The van der Waals surface area contributed by atoms with E-state index in [1.165, 1.54) is 0 Å². The van der Waals surface area contributed by atoms with Crippen LogP contribution in [0, 0.1) is 6.92 Å². The van der Waals surface area contributed by atoms with E-state index >= 15 is 0 Å². The summed E-state index contributed by atoms with van der Waals surface area (Å²) in [5.74, 6) is 0.595. The molecule has 0 aliphatic rings. The summed E-state index contributed by atoms with van der Waals surface area (Å²) in [6, 6.07) is 13.8. The minimum atomic E-state index is -0.0318. The molecule has 0 spiro atoms. The predicted octanol–water partition coefficient (Wildman–Crippen LogP) is 2.62. The zero-order valence-electron chi connectivity index (χ0n) is 10.7. The largest absolute Gasteiger partial charge is 0.438 e. The second-order valence-corrected chi connectivity index (χ2v) is 4.53. The van der Waals surface area contributed by atoms with Gasteiger partial charge in [0, 0.05) is 12.2 Å². The zero-order valence-corrected chi connectivity index (χ0v) is 10.7. The molecule has 19 heavy (non-hydrogen) atoms. The first-order valence-electron chi connectivity index (χ1n) is 6.27. The molecule has 0 amide bonds.